The van der Waals surface area contributed by atoms with Crippen LogP contribution in [0.25, 0.3) is 0 Å². The maximum Gasteiger partial charge on any atom is 0.230 e. The molecule has 3 N–H and O–H groups in total. The van der Waals surface area contributed by atoms with Gasteiger partial charge in [-0.05, 0) is 31.0 Å². The Kier molecular flexibility index (Phi) is 2.83. The van der Waals surface area contributed by atoms with Crippen LogP contribution in [-0.4, -0.2) is 24.1 Å². The minimum atomic E-state index is -0.0287. The SMILES string of the molecule is Cc1cc(C)c(O)c(NC(=O)C2CNC2)c1. The van der Waals surface area contributed by atoms with Gasteiger partial charge in [-0.3, -0.25) is 4.79 Å². The standard InChI is InChI=1S/C12H16N2O2/c1-7-3-8(2)11(15)10(4-7)14-12(16)9-5-13-6-9/h3-4,9,13,15H,5-6H2,1-2H3,(H,14,16). The molecular weight excluding hydrogens is 204 g/mol. The summed E-state index contributed by atoms with van der Waals surface area (Å²) in [6, 6.07) is 3.67. The summed E-state index contributed by atoms with van der Waals surface area (Å²) in [6.45, 7) is 5.20. The number of carbonyl (C=O) groups is 1. The van der Waals surface area contributed by atoms with Gasteiger partial charge in [0.05, 0.1) is 11.6 Å². The highest BCUT2D eigenvalue weighted by atomic mass is 16.3. The van der Waals surface area contributed by atoms with E-state index in [1.54, 1.807) is 6.07 Å². The van der Waals surface area contributed by atoms with Crippen LogP contribution in [0, 0.1) is 19.8 Å². The molecule has 4 nitrogen and oxygen atoms in total. The topological polar surface area (TPSA) is 61.4 Å². The molecule has 0 atom stereocenters. The third-order valence-electron chi connectivity index (χ3n) is 2.85. The van der Waals surface area contributed by atoms with Crippen LogP contribution in [0.4, 0.5) is 5.69 Å². The normalized spacial score (nSPS) is 15.6. The van der Waals surface area contributed by atoms with E-state index in [1.165, 1.54) is 0 Å². The van der Waals surface area contributed by atoms with Crippen molar-refractivity contribution in [2.45, 2.75) is 13.8 Å². The van der Waals surface area contributed by atoms with E-state index in [4.69, 9.17) is 0 Å². The summed E-state index contributed by atoms with van der Waals surface area (Å²) in [4.78, 5) is 11.7. The van der Waals surface area contributed by atoms with E-state index >= 15 is 0 Å². The summed E-state index contributed by atoms with van der Waals surface area (Å²) in [5, 5.41) is 15.6. The van der Waals surface area contributed by atoms with Crippen molar-refractivity contribution in [2.24, 2.45) is 5.92 Å². The minimum absolute atomic E-state index is 0.0280. The maximum atomic E-state index is 11.7. The zero-order valence-corrected chi connectivity index (χ0v) is 9.50. The number of benzene rings is 1. The first-order chi connectivity index (χ1) is 7.58. The van der Waals surface area contributed by atoms with Gasteiger partial charge in [-0.25, -0.2) is 0 Å². The van der Waals surface area contributed by atoms with Crippen molar-refractivity contribution >= 4 is 11.6 Å². The third-order valence-corrected chi connectivity index (χ3v) is 2.85. The van der Waals surface area contributed by atoms with Crippen LogP contribution in [0.3, 0.4) is 0 Å². The Morgan fingerprint density at radius 1 is 1.44 bits per heavy atom. The van der Waals surface area contributed by atoms with E-state index in [-0.39, 0.29) is 17.6 Å². The molecule has 0 aromatic heterocycles. The van der Waals surface area contributed by atoms with Gasteiger partial charge in [-0.2, -0.15) is 0 Å². The highest BCUT2D eigenvalue weighted by molar-refractivity contribution is 5.95. The summed E-state index contributed by atoms with van der Waals surface area (Å²) >= 11 is 0. The molecule has 1 saturated heterocycles. The minimum Gasteiger partial charge on any atom is -0.505 e. The molecule has 1 fully saturated rings. The van der Waals surface area contributed by atoms with E-state index in [9.17, 15) is 9.90 Å². The van der Waals surface area contributed by atoms with Crippen LogP contribution < -0.4 is 10.6 Å². The molecule has 1 amide bonds. The van der Waals surface area contributed by atoms with Gasteiger partial charge in [-0.1, -0.05) is 6.07 Å². The molecular formula is C12H16N2O2. The summed E-state index contributed by atoms with van der Waals surface area (Å²) in [5.41, 5.74) is 2.31. The highest BCUT2D eigenvalue weighted by Gasteiger charge is 2.25. The predicted molar refractivity (Wildman–Crippen MR) is 62.6 cm³/mol. The van der Waals surface area contributed by atoms with Crippen LogP contribution in [0.5, 0.6) is 5.75 Å². The van der Waals surface area contributed by atoms with Crippen molar-refractivity contribution in [2.75, 3.05) is 18.4 Å². The lowest BCUT2D eigenvalue weighted by Gasteiger charge is -2.26. The van der Waals surface area contributed by atoms with E-state index in [1.807, 2.05) is 19.9 Å². The quantitative estimate of drug-likeness (QED) is 0.656. The van der Waals surface area contributed by atoms with Gasteiger partial charge in [0.25, 0.3) is 0 Å². The van der Waals surface area contributed by atoms with Crippen molar-refractivity contribution in [3.63, 3.8) is 0 Å². The van der Waals surface area contributed by atoms with Crippen LogP contribution in [0.15, 0.2) is 12.1 Å². The summed E-state index contributed by atoms with van der Waals surface area (Å²) < 4.78 is 0. The number of phenolic OH excluding ortho intramolecular Hbond substituents is 1. The number of anilines is 1. The monoisotopic (exact) mass is 220 g/mol. The second kappa shape index (κ2) is 4.14. The molecule has 0 radical (unpaired) electrons. The molecule has 1 aromatic rings. The van der Waals surface area contributed by atoms with E-state index in [0.717, 1.165) is 24.2 Å². The van der Waals surface area contributed by atoms with Crippen LogP contribution in [0.1, 0.15) is 11.1 Å². The number of aryl methyl sites for hydroxylation is 2. The second-order valence-electron chi connectivity index (χ2n) is 4.32. The van der Waals surface area contributed by atoms with Gasteiger partial charge < -0.3 is 15.7 Å². The number of phenols is 1. The molecule has 1 aliphatic heterocycles. The molecule has 0 unspecified atom stereocenters. The molecule has 2 rings (SSSR count). The molecule has 0 bridgehead atoms. The first kappa shape index (κ1) is 11.0. The molecule has 1 aliphatic rings. The number of rotatable bonds is 2. The second-order valence-corrected chi connectivity index (χ2v) is 4.32. The Bertz CT molecular complexity index is 425. The molecule has 0 spiro atoms. The predicted octanol–water partition coefficient (Wildman–Crippen LogP) is 1.17. The average molecular weight is 220 g/mol. The lowest BCUT2D eigenvalue weighted by Crippen LogP contribution is -2.48. The Labute approximate surface area is 94.7 Å². The first-order valence-corrected chi connectivity index (χ1v) is 5.39. The van der Waals surface area contributed by atoms with Gasteiger partial charge in [0, 0.05) is 13.1 Å². The van der Waals surface area contributed by atoms with Gasteiger partial charge in [0.1, 0.15) is 5.75 Å². The third kappa shape index (κ3) is 2.02. The van der Waals surface area contributed by atoms with E-state index in [2.05, 4.69) is 10.6 Å². The summed E-state index contributed by atoms with van der Waals surface area (Å²) in [7, 11) is 0. The average Bonchev–Trinajstić information content (AvgIpc) is 2.10. The smallest absolute Gasteiger partial charge is 0.230 e. The fourth-order valence-electron chi connectivity index (χ4n) is 1.76. The first-order valence-electron chi connectivity index (χ1n) is 5.39. The van der Waals surface area contributed by atoms with Crippen molar-refractivity contribution in [3.05, 3.63) is 23.3 Å². The van der Waals surface area contributed by atoms with Gasteiger partial charge in [-0.15, -0.1) is 0 Å². The van der Waals surface area contributed by atoms with Gasteiger partial charge >= 0.3 is 0 Å². The molecule has 1 aromatic carbocycles. The number of aromatic hydroxyl groups is 1. The van der Waals surface area contributed by atoms with Crippen molar-refractivity contribution < 1.29 is 9.90 Å². The lowest BCUT2D eigenvalue weighted by molar-refractivity contribution is -0.121. The van der Waals surface area contributed by atoms with E-state index < -0.39 is 0 Å². The summed E-state index contributed by atoms with van der Waals surface area (Å²) in [5.74, 6) is 0.158. The number of amides is 1. The maximum absolute atomic E-state index is 11.7. The molecule has 16 heavy (non-hydrogen) atoms. The van der Waals surface area contributed by atoms with Crippen LogP contribution in [0.2, 0.25) is 0 Å². The Morgan fingerprint density at radius 3 is 2.69 bits per heavy atom. The summed E-state index contributed by atoms with van der Waals surface area (Å²) in [6.07, 6.45) is 0. The van der Waals surface area contributed by atoms with E-state index in [0.29, 0.717) is 5.69 Å². The molecule has 0 aliphatic carbocycles. The van der Waals surface area contributed by atoms with Crippen LogP contribution >= 0.6 is 0 Å². The number of carbonyl (C=O) groups excluding carboxylic acids is 1. The zero-order valence-electron chi connectivity index (χ0n) is 9.50. The van der Waals surface area contributed by atoms with Gasteiger partial charge in [0.2, 0.25) is 5.91 Å². The zero-order chi connectivity index (χ0) is 11.7. The number of hydrogen-bond acceptors (Lipinski definition) is 3. The molecule has 4 heteroatoms. The largest absolute Gasteiger partial charge is 0.505 e. The highest BCUT2D eigenvalue weighted by Crippen LogP contribution is 2.29. The molecule has 0 saturated carbocycles. The Hall–Kier alpha value is -1.55. The lowest BCUT2D eigenvalue weighted by atomic mass is 10.0. The van der Waals surface area contributed by atoms with Crippen molar-refractivity contribution in [1.29, 1.82) is 0 Å². The number of hydrogen-bond donors (Lipinski definition) is 3. The van der Waals surface area contributed by atoms with Crippen LogP contribution in [-0.2, 0) is 4.79 Å². The van der Waals surface area contributed by atoms with Crippen molar-refractivity contribution in [3.8, 4) is 5.75 Å². The number of nitrogens with one attached hydrogen (secondary N) is 2. The van der Waals surface area contributed by atoms with Crippen molar-refractivity contribution in [1.82, 2.24) is 5.32 Å². The fourth-order valence-corrected chi connectivity index (χ4v) is 1.76. The molecule has 1 heterocycles. The fraction of sp³-hybridized carbons (Fsp3) is 0.417. The van der Waals surface area contributed by atoms with Gasteiger partial charge in [0.15, 0.2) is 0 Å². The Balaban J connectivity index is 2.17. The molecule has 86 valence electrons. The Morgan fingerprint density at radius 2 is 2.12 bits per heavy atom.